The zero-order chi connectivity index (χ0) is 20.6. The molecule has 6 nitrogen and oxygen atoms in total. The Kier molecular flexibility index (Phi) is 5.80. The SMILES string of the molecule is O=C(Nc1ccc(F)c(Br)c1)c1cc(S(=O)(=O)NC2CC(O)C2)c(F)cc1F. The molecule has 1 saturated carbocycles. The van der Waals surface area contributed by atoms with Crippen LogP contribution in [-0.4, -0.2) is 31.6 Å². The Hall–Kier alpha value is -1.95. The zero-order valence-electron chi connectivity index (χ0n) is 14.0. The van der Waals surface area contributed by atoms with Gasteiger partial charge in [-0.15, -0.1) is 0 Å². The fraction of sp³-hybridized carbons (Fsp3) is 0.235. The molecule has 2 aromatic carbocycles. The predicted octanol–water partition coefficient (Wildman–Crippen LogP) is 2.92. The van der Waals surface area contributed by atoms with Crippen LogP contribution in [0.1, 0.15) is 23.2 Å². The van der Waals surface area contributed by atoms with Crippen LogP contribution in [0.2, 0.25) is 0 Å². The second kappa shape index (κ2) is 7.82. The van der Waals surface area contributed by atoms with Gasteiger partial charge in [-0.1, -0.05) is 0 Å². The van der Waals surface area contributed by atoms with Crippen LogP contribution in [-0.2, 0) is 10.0 Å². The predicted molar refractivity (Wildman–Crippen MR) is 97.8 cm³/mol. The third kappa shape index (κ3) is 4.37. The summed E-state index contributed by atoms with van der Waals surface area (Å²) in [5.41, 5.74) is -0.580. The summed E-state index contributed by atoms with van der Waals surface area (Å²) >= 11 is 2.94. The fourth-order valence-electron chi connectivity index (χ4n) is 2.65. The Morgan fingerprint density at radius 3 is 2.36 bits per heavy atom. The van der Waals surface area contributed by atoms with E-state index in [-0.39, 0.29) is 23.0 Å². The van der Waals surface area contributed by atoms with Crippen molar-refractivity contribution in [3.05, 3.63) is 57.8 Å². The van der Waals surface area contributed by atoms with Crippen molar-refractivity contribution >= 4 is 37.5 Å². The van der Waals surface area contributed by atoms with Crippen molar-refractivity contribution in [1.29, 1.82) is 0 Å². The lowest BCUT2D eigenvalue weighted by Gasteiger charge is -2.31. The molecule has 3 N–H and O–H groups in total. The number of hydrogen-bond donors (Lipinski definition) is 3. The largest absolute Gasteiger partial charge is 0.393 e. The molecule has 11 heteroatoms. The van der Waals surface area contributed by atoms with Crippen molar-refractivity contribution in [3.63, 3.8) is 0 Å². The molecule has 0 unspecified atom stereocenters. The molecule has 0 bridgehead atoms. The third-order valence-electron chi connectivity index (χ3n) is 4.17. The first-order chi connectivity index (χ1) is 13.1. The molecule has 0 saturated heterocycles. The van der Waals surface area contributed by atoms with Gasteiger partial charge >= 0.3 is 0 Å². The van der Waals surface area contributed by atoms with E-state index in [0.29, 0.717) is 12.1 Å². The molecule has 1 aliphatic carbocycles. The number of rotatable bonds is 5. The number of sulfonamides is 1. The van der Waals surface area contributed by atoms with Crippen LogP contribution in [0, 0.1) is 17.5 Å². The van der Waals surface area contributed by atoms with Crippen LogP contribution in [0.15, 0.2) is 39.7 Å². The Balaban J connectivity index is 1.88. The maximum Gasteiger partial charge on any atom is 0.258 e. The molecule has 3 rings (SSSR count). The van der Waals surface area contributed by atoms with Crippen molar-refractivity contribution < 1.29 is 31.5 Å². The number of amides is 1. The lowest BCUT2D eigenvalue weighted by molar-refractivity contribution is 0.0712. The fourth-order valence-corrected chi connectivity index (χ4v) is 4.37. The van der Waals surface area contributed by atoms with E-state index in [0.717, 1.165) is 6.07 Å². The molecule has 1 fully saturated rings. The summed E-state index contributed by atoms with van der Waals surface area (Å²) in [5.74, 6) is -4.22. The van der Waals surface area contributed by atoms with E-state index in [1.807, 2.05) is 0 Å². The minimum Gasteiger partial charge on any atom is -0.393 e. The number of halogens is 4. The summed E-state index contributed by atoms with van der Waals surface area (Å²) in [6, 6.07) is 3.85. The van der Waals surface area contributed by atoms with E-state index >= 15 is 0 Å². The van der Waals surface area contributed by atoms with Crippen molar-refractivity contribution in [3.8, 4) is 0 Å². The summed E-state index contributed by atoms with van der Waals surface area (Å²) < 4.78 is 68.4. The van der Waals surface area contributed by atoms with Gasteiger partial charge in [-0.3, -0.25) is 4.79 Å². The summed E-state index contributed by atoms with van der Waals surface area (Å²) in [4.78, 5) is 11.4. The molecule has 1 aliphatic rings. The molecule has 2 aromatic rings. The van der Waals surface area contributed by atoms with Crippen molar-refractivity contribution in [2.24, 2.45) is 0 Å². The number of anilines is 1. The molecular formula is C17H14BrF3N2O4S. The summed E-state index contributed by atoms with van der Waals surface area (Å²) in [7, 11) is -4.37. The van der Waals surface area contributed by atoms with E-state index < -0.39 is 56.0 Å². The topological polar surface area (TPSA) is 95.5 Å². The molecule has 0 atom stereocenters. The van der Waals surface area contributed by atoms with Gasteiger partial charge in [-0.05, 0) is 53.0 Å². The van der Waals surface area contributed by atoms with E-state index in [4.69, 9.17) is 0 Å². The smallest absolute Gasteiger partial charge is 0.258 e. The Morgan fingerprint density at radius 1 is 1.07 bits per heavy atom. The minimum absolute atomic E-state index is 0.0556. The van der Waals surface area contributed by atoms with E-state index in [9.17, 15) is 31.5 Å². The van der Waals surface area contributed by atoms with Gasteiger partial charge in [-0.25, -0.2) is 26.3 Å². The van der Waals surface area contributed by atoms with Gasteiger partial charge in [0.1, 0.15) is 22.3 Å². The number of carbonyl (C=O) groups is 1. The highest BCUT2D eigenvalue weighted by atomic mass is 79.9. The highest BCUT2D eigenvalue weighted by Gasteiger charge is 2.33. The number of aliphatic hydroxyl groups excluding tert-OH is 1. The van der Waals surface area contributed by atoms with Gasteiger partial charge in [0.05, 0.1) is 16.1 Å². The number of carbonyl (C=O) groups excluding carboxylic acids is 1. The summed E-state index contributed by atoms with van der Waals surface area (Å²) in [6.07, 6.45) is -0.286. The monoisotopic (exact) mass is 478 g/mol. The molecule has 0 heterocycles. The number of benzene rings is 2. The van der Waals surface area contributed by atoms with Crippen LogP contribution in [0.4, 0.5) is 18.9 Å². The molecule has 0 spiro atoms. The van der Waals surface area contributed by atoms with Crippen molar-refractivity contribution in [1.82, 2.24) is 4.72 Å². The average molecular weight is 479 g/mol. The lowest BCUT2D eigenvalue weighted by atomic mass is 9.91. The maximum absolute atomic E-state index is 14.1. The first-order valence-electron chi connectivity index (χ1n) is 8.02. The molecule has 1 amide bonds. The first-order valence-corrected chi connectivity index (χ1v) is 10.3. The third-order valence-corrected chi connectivity index (χ3v) is 6.31. The molecule has 150 valence electrons. The van der Waals surface area contributed by atoms with Crippen molar-refractivity contribution in [2.75, 3.05) is 5.32 Å². The van der Waals surface area contributed by atoms with Gasteiger partial charge in [0.25, 0.3) is 5.91 Å². The minimum atomic E-state index is -4.37. The summed E-state index contributed by atoms with van der Waals surface area (Å²) in [6.45, 7) is 0. The van der Waals surface area contributed by atoms with Gasteiger partial charge in [0.15, 0.2) is 0 Å². The first kappa shape index (κ1) is 20.8. The molecule has 0 aliphatic heterocycles. The second-order valence-electron chi connectivity index (χ2n) is 6.29. The van der Waals surface area contributed by atoms with E-state index in [1.165, 1.54) is 12.1 Å². The van der Waals surface area contributed by atoms with Crippen LogP contribution >= 0.6 is 15.9 Å². The normalized spacial score (nSPS) is 19.2. The van der Waals surface area contributed by atoms with Crippen LogP contribution < -0.4 is 10.0 Å². The van der Waals surface area contributed by atoms with Gasteiger partial charge < -0.3 is 10.4 Å². The lowest BCUT2D eigenvalue weighted by Crippen LogP contribution is -2.46. The van der Waals surface area contributed by atoms with Crippen LogP contribution in [0.5, 0.6) is 0 Å². The molecule has 0 aromatic heterocycles. The Bertz CT molecular complexity index is 1040. The number of aliphatic hydroxyl groups is 1. The van der Waals surface area contributed by atoms with Crippen molar-refractivity contribution in [2.45, 2.75) is 29.9 Å². The van der Waals surface area contributed by atoms with Gasteiger partial charge in [0, 0.05) is 17.8 Å². The summed E-state index contributed by atoms with van der Waals surface area (Å²) in [5, 5.41) is 11.5. The van der Waals surface area contributed by atoms with Gasteiger partial charge in [0.2, 0.25) is 10.0 Å². The van der Waals surface area contributed by atoms with Crippen LogP contribution in [0.3, 0.4) is 0 Å². The van der Waals surface area contributed by atoms with E-state index in [1.54, 1.807) is 0 Å². The molecule has 0 radical (unpaired) electrons. The maximum atomic E-state index is 14.1. The molecular weight excluding hydrogens is 465 g/mol. The molecule has 28 heavy (non-hydrogen) atoms. The highest BCUT2D eigenvalue weighted by Crippen LogP contribution is 2.26. The Morgan fingerprint density at radius 2 is 1.75 bits per heavy atom. The average Bonchev–Trinajstić information content (AvgIpc) is 2.56. The van der Waals surface area contributed by atoms with Gasteiger partial charge in [-0.2, -0.15) is 0 Å². The number of nitrogens with one attached hydrogen (secondary N) is 2. The Labute approximate surface area is 166 Å². The quantitative estimate of drug-likeness (QED) is 0.615. The van der Waals surface area contributed by atoms with Crippen LogP contribution in [0.25, 0.3) is 0 Å². The second-order valence-corrected chi connectivity index (χ2v) is 8.83. The number of hydrogen-bond acceptors (Lipinski definition) is 4. The highest BCUT2D eigenvalue weighted by molar-refractivity contribution is 9.10. The zero-order valence-corrected chi connectivity index (χ0v) is 16.5. The van der Waals surface area contributed by atoms with E-state index in [2.05, 4.69) is 26.0 Å². The standard InChI is InChI=1S/C17H14BrF3N2O4S/c18-12-5-8(1-2-13(12)19)22-17(25)11-6-16(15(21)7-14(11)20)28(26,27)23-9-3-10(24)4-9/h1-2,5-7,9-10,23-24H,3-4H2,(H,22,25).